The second-order valence-corrected chi connectivity index (χ2v) is 5.06. The molecule has 1 aromatic carbocycles. The zero-order valence-corrected chi connectivity index (χ0v) is 14.5. The molecule has 24 heavy (non-hydrogen) atoms. The summed E-state index contributed by atoms with van der Waals surface area (Å²) in [5, 5.41) is 2.61. The first-order chi connectivity index (χ1) is 11.6. The van der Waals surface area contributed by atoms with Crippen LogP contribution in [-0.4, -0.2) is 39.2 Å². The number of carbonyl (C=O) groups is 2. The number of ether oxygens (including phenoxy) is 3. The van der Waals surface area contributed by atoms with E-state index in [4.69, 9.17) is 9.47 Å². The average molecular weight is 335 g/mol. The van der Waals surface area contributed by atoms with Crippen molar-refractivity contribution in [3.05, 3.63) is 29.8 Å². The number of benzene rings is 1. The average Bonchev–Trinajstić information content (AvgIpc) is 2.60. The molecule has 0 aromatic heterocycles. The van der Waals surface area contributed by atoms with E-state index in [0.29, 0.717) is 18.1 Å². The van der Waals surface area contributed by atoms with Crippen LogP contribution in [0.5, 0.6) is 11.5 Å². The van der Waals surface area contributed by atoms with E-state index in [2.05, 4.69) is 17.0 Å². The summed E-state index contributed by atoms with van der Waals surface area (Å²) in [5.41, 5.74) is 0.817. The molecule has 132 valence electrons. The number of amides is 1. The van der Waals surface area contributed by atoms with Gasteiger partial charge >= 0.3 is 5.97 Å². The lowest BCUT2D eigenvalue weighted by Gasteiger charge is -2.10. The van der Waals surface area contributed by atoms with Crippen LogP contribution in [-0.2, 0) is 14.3 Å². The first-order valence-corrected chi connectivity index (χ1v) is 7.94. The highest BCUT2D eigenvalue weighted by Gasteiger charge is 2.05. The predicted octanol–water partition coefficient (Wildman–Crippen LogP) is 2.57. The normalized spacial score (nSPS) is 10.5. The van der Waals surface area contributed by atoms with Crippen LogP contribution in [0.25, 0.3) is 6.08 Å². The molecule has 0 aliphatic rings. The van der Waals surface area contributed by atoms with Gasteiger partial charge in [-0.05, 0) is 30.2 Å². The van der Waals surface area contributed by atoms with Crippen molar-refractivity contribution >= 4 is 18.0 Å². The highest BCUT2D eigenvalue weighted by atomic mass is 16.5. The minimum atomic E-state index is -0.359. The van der Waals surface area contributed by atoms with Crippen molar-refractivity contribution in [1.82, 2.24) is 5.32 Å². The van der Waals surface area contributed by atoms with Crippen LogP contribution in [0.15, 0.2) is 24.3 Å². The summed E-state index contributed by atoms with van der Waals surface area (Å²) in [6.45, 7) is 2.98. The van der Waals surface area contributed by atoms with Crippen molar-refractivity contribution in [1.29, 1.82) is 0 Å². The Labute approximate surface area is 142 Å². The first kappa shape index (κ1) is 19.5. The molecule has 0 aliphatic carbocycles. The number of esters is 1. The van der Waals surface area contributed by atoms with Gasteiger partial charge in [-0.1, -0.05) is 19.4 Å². The van der Waals surface area contributed by atoms with Gasteiger partial charge in [0.05, 0.1) is 27.2 Å². The molecule has 6 nitrogen and oxygen atoms in total. The number of rotatable bonds is 10. The Balaban J connectivity index is 2.57. The number of carbonyl (C=O) groups excluding carboxylic acids is 2. The molecule has 0 bridgehead atoms. The lowest BCUT2D eigenvalue weighted by atomic mass is 10.2. The molecular formula is C18H25NO5. The molecule has 1 aromatic rings. The molecule has 0 heterocycles. The Morgan fingerprint density at radius 3 is 2.67 bits per heavy atom. The number of hydrogen-bond donors (Lipinski definition) is 1. The quantitative estimate of drug-likeness (QED) is 0.404. The zero-order chi connectivity index (χ0) is 17.8. The van der Waals surface area contributed by atoms with E-state index in [0.717, 1.165) is 18.4 Å². The first-order valence-electron chi connectivity index (χ1n) is 7.94. The molecule has 1 rings (SSSR count). The largest absolute Gasteiger partial charge is 0.493 e. The maximum Gasteiger partial charge on any atom is 0.307 e. The Morgan fingerprint density at radius 1 is 1.21 bits per heavy atom. The van der Waals surface area contributed by atoms with Crippen molar-refractivity contribution in [3.8, 4) is 11.5 Å². The molecule has 0 spiro atoms. The fraction of sp³-hybridized carbons (Fsp3) is 0.444. The third-order valence-electron chi connectivity index (χ3n) is 3.23. The van der Waals surface area contributed by atoms with Gasteiger partial charge in [0.25, 0.3) is 0 Å². The Morgan fingerprint density at radius 2 is 2.00 bits per heavy atom. The van der Waals surface area contributed by atoms with Gasteiger partial charge in [-0.25, -0.2) is 0 Å². The highest BCUT2D eigenvalue weighted by molar-refractivity contribution is 5.92. The maximum absolute atomic E-state index is 11.7. The van der Waals surface area contributed by atoms with E-state index in [1.54, 1.807) is 19.3 Å². The van der Waals surface area contributed by atoms with Gasteiger partial charge in [0, 0.05) is 12.6 Å². The monoisotopic (exact) mass is 335 g/mol. The standard InChI is InChI=1S/C18H25NO5/c1-4-5-12-24-15-8-6-14(13-16(15)22-2)7-9-17(20)19-11-10-18(21)23-3/h6-9,13H,4-5,10-12H2,1-3H3,(H,19,20)/b9-7+. The van der Waals surface area contributed by atoms with Crippen LogP contribution in [0.4, 0.5) is 0 Å². The summed E-state index contributed by atoms with van der Waals surface area (Å²) in [5.74, 6) is 0.675. The van der Waals surface area contributed by atoms with Crippen LogP contribution in [0.1, 0.15) is 31.7 Å². The third-order valence-corrected chi connectivity index (χ3v) is 3.23. The van der Waals surface area contributed by atoms with Crippen LogP contribution in [0, 0.1) is 0 Å². The molecular weight excluding hydrogens is 310 g/mol. The molecule has 0 radical (unpaired) electrons. The summed E-state index contributed by atoms with van der Waals surface area (Å²) in [4.78, 5) is 22.6. The van der Waals surface area contributed by atoms with Crippen LogP contribution in [0.2, 0.25) is 0 Å². The molecule has 1 amide bonds. The fourth-order valence-electron chi connectivity index (χ4n) is 1.85. The molecule has 1 N–H and O–H groups in total. The molecule has 0 saturated heterocycles. The Bertz CT molecular complexity index is 569. The number of methoxy groups -OCH3 is 2. The second-order valence-electron chi connectivity index (χ2n) is 5.06. The number of unbranched alkanes of at least 4 members (excludes halogenated alkanes) is 1. The molecule has 0 aliphatic heterocycles. The summed E-state index contributed by atoms with van der Waals surface area (Å²) >= 11 is 0. The summed E-state index contributed by atoms with van der Waals surface area (Å²) < 4.78 is 15.5. The van der Waals surface area contributed by atoms with Gasteiger partial charge in [0.1, 0.15) is 0 Å². The van der Waals surface area contributed by atoms with Crippen molar-refractivity contribution in [2.45, 2.75) is 26.2 Å². The van der Waals surface area contributed by atoms with Gasteiger partial charge in [0.2, 0.25) is 5.91 Å². The smallest absolute Gasteiger partial charge is 0.307 e. The topological polar surface area (TPSA) is 73.9 Å². The van der Waals surface area contributed by atoms with E-state index in [9.17, 15) is 9.59 Å². The van der Waals surface area contributed by atoms with E-state index < -0.39 is 0 Å². The summed E-state index contributed by atoms with van der Waals surface area (Å²) in [6.07, 6.45) is 5.27. The molecule has 0 unspecified atom stereocenters. The third kappa shape index (κ3) is 7.17. The lowest BCUT2D eigenvalue weighted by Crippen LogP contribution is -2.24. The van der Waals surface area contributed by atoms with Gasteiger partial charge in [-0.3, -0.25) is 9.59 Å². The van der Waals surface area contributed by atoms with Gasteiger partial charge < -0.3 is 19.5 Å². The zero-order valence-electron chi connectivity index (χ0n) is 14.5. The Hall–Kier alpha value is -2.50. The summed E-state index contributed by atoms with van der Waals surface area (Å²) in [7, 11) is 2.89. The molecule has 6 heteroatoms. The van der Waals surface area contributed by atoms with E-state index in [1.807, 2.05) is 12.1 Å². The number of hydrogen-bond acceptors (Lipinski definition) is 5. The minimum absolute atomic E-state index is 0.147. The van der Waals surface area contributed by atoms with Crippen LogP contribution >= 0.6 is 0 Å². The minimum Gasteiger partial charge on any atom is -0.493 e. The highest BCUT2D eigenvalue weighted by Crippen LogP contribution is 2.28. The van der Waals surface area contributed by atoms with Gasteiger partial charge in [0.15, 0.2) is 11.5 Å². The van der Waals surface area contributed by atoms with E-state index in [1.165, 1.54) is 13.2 Å². The molecule has 0 saturated carbocycles. The van der Waals surface area contributed by atoms with Crippen molar-refractivity contribution in [2.75, 3.05) is 27.4 Å². The lowest BCUT2D eigenvalue weighted by molar-refractivity contribution is -0.140. The summed E-state index contributed by atoms with van der Waals surface area (Å²) in [6, 6.07) is 5.48. The molecule has 0 fully saturated rings. The maximum atomic E-state index is 11.7. The van der Waals surface area contributed by atoms with Crippen molar-refractivity contribution < 1.29 is 23.8 Å². The Kier molecular flexibility index (Phi) is 9.04. The van der Waals surface area contributed by atoms with Crippen LogP contribution < -0.4 is 14.8 Å². The van der Waals surface area contributed by atoms with Crippen LogP contribution in [0.3, 0.4) is 0 Å². The van der Waals surface area contributed by atoms with Gasteiger partial charge in [-0.15, -0.1) is 0 Å². The number of nitrogens with one attached hydrogen (secondary N) is 1. The van der Waals surface area contributed by atoms with E-state index >= 15 is 0 Å². The van der Waals surface area contributed by atoms with Crippen molar-refractivity contribution in [3.63, 3.8) is 0 Å². The molecule has 0 atom stereocenters. The fourth-order valence-corrected chi connectivity index (χ4v) is 1.85. The van der Waals surface area contributed by atoms with E-state index in [-0.39, 0.29) is 24.8 Å². The SMILES string of the molecule is CCCCOc1ccc(/C=C/C(=O)NCCC(=O)OC)cc1OC. The van der Waals surface area contributed by atoms with Crippen molar-refractivity contribution in [2.24, 2.45) is 0 Å². The second kappa shape index (κ2) is 11.1. The predicted molar refractivity (Wildman–Crippen MR) is 92.1 cm³/mol. The van der Waals surface area contributed by atoms with Gasteiger partial charge in [-0.2, -0.15) is 0 Å².